The molecule has 0 atom stereocenters. The van der Waals surface area contributed by atoms with Crippen LogP contribution in [0.4, 0.5) is 4.39 Å². The summed E-state index contributed by atoms with van der Waals surface area (Å²) >= 11 is 0. The summed E-state index contributed by atoms with van der Waals surface area (Å²) in [5.74, 6) is -1.05. The maximum absolute atomic E-state index is 13.4. The first-order chi connectivity index (χ1) is 11.2. The fourth-order valence-electron chi connectivity index (χ4n) is 2.08. The van der Waals surface area contributed by atoms with Crippen LogP contribution in [0.25, 0.3) is 10.8 Å². The summed E-state index contributed by atoms with van der Waals surface area (Å²) < 4.78 is 13.4. The number of carbonyl (C=O) groups excluding carboxylic acids is 1. The second kappa shape index (κ2) is 6.18. The Hall–Kier alpha value is -3.35. The van der Waals surface area contributed by atoms with Crippen molar-refractivity contribution in [2.45, 2.75) is 0 Å². The minimum absolute atomic E-state index is 0.0332. The van der Waals surface area contributed by atoms with E-state index in [1.54, 1.807) is 36.4 Å². The summed E-state index contributed by atoms with van der Waals surface area (Å²) in [7, 11) is 0. The molecule has 7 heteroatoms. The van der Waals surface area contributed by atoms with Crippen molar-refractivity contribution in [3.05, 3.63) is 76.0 Å². The van der Waals surface area contributed by atoms with Crippen molar-refractivity contribution in [3.63, 3.8) is 0 Å². The zero-order valence-electron chi connectivity index (χ0n) is 11.8. The molecule has 1 amide bonds. The zero-order chi connectivity index (χ0) is 16.2. The van der Waals surface area contributed by atoms with Crippen LogP contribution in [0.2, 0.25) is 0 Å². The molecule has 2 aromatic carbocycles. The molecule has 23 heavy (non-hydrogen) atoms. The van der Waals surface area contributed by atoms with E-state index >= 15 is 0 Å². The Morgan fingerprint density at radius 2 is 1.83 bits per heavy atom. The molecule has 0 aliphatic rings. The van der Waals surface area contributed by atoms with Gasteiger partial charge in [0.15, 0.2) is 5.69 Å². The Labute approximate surface area is 129 Å². The van der Waals surface area contributed by atoms with Crippen LogP contribution in [0.5, 0.6) is 0 Å². The molecule has 0 radical (unpaired) electrons. The topological polar surface area (TPSA) is 87.2 Å². The first-order valence-electron chi connectivity index (χ1n) is 6.72. The number of nitrogens with one attached hydrogen (secondary N) is 2. The number of hydrazone groups is 1. The number of rotatable bonds is 3. The third-order valence-electron chi connectivity index (χ3n) is 3.19. The lowest BCUT2D eigenvalue weighted by molar-refractivity contribution is 0.0951. The lowest BCUT2D eigenvalue weighted by atomic mass is 10.1. The van der Waals surface area contributed by atoms with E-state index in [1.807, 2.05) is 0 Å². The Balaban J connectivity index is 1.86. The van der Waals surface area contributed by atoms with Crippen molar-refractivity contribution >= 4 is 22.9 Å². The van der Waals surface area contributed by atoms with Crippen molar-refractivity contribution in [2.24, 2.45) is 5.10 Å². The molecule has 0 bridgehead atoms. The van der Waals surface area contributed by atoms with Crippen molar-refractivity contribution in [1.82, 2.24) is 15.6 Å². The van der Waals surface area contributed by atoms with Crippen LogP contribution in [0.15, 0.2) is 58.4 Å². The number of hydrogen-bond acceptors (Lipinski definition) is 4. The molecule has 114 valence electrons. The lowest BCUT2D eigenvalue weighted by Crippen LogP contribution is -2.22. The molecule has 0 fully saturated rings. The Kier molecular flexibility index (Phi) is 3.92. The summed E-state index contributed by atoms with van der Waals surface area (Å²) in [4.78, 5) is 23.8. The lowest BCUT2D eigenvalue weighted by Gasteiger charge is -2.03. The van der Waals surface area contributed by atoms with Gasteiger partial charge in [-0.1, -0.05) is 36.4 Å². The molecule has 0 aliphatic heterocycles. The number of H-pyrrole nitrogens is 1. The standard InChI is InChI=1S/C16H11FN4O2/c17-13-8-4-1-5-10(13)9-18-20-16(23)14-11-6-2-3-7-12(11)15(22)21-19-14/h1-9H,(H,20,23)(H,21,22)/b18-9-. The van der Waals surface area contributed by atoms with E-state index in [0.717, 1.165) is 0 Å². The van der Waals surface area contributed by atoms with Crippen molar-refractivity contribution in [1.29, 1.82) is 0 Å². The van der Waals surface area contributed by atoms with E-state index in [-0.39, 0.29) is 16.8 Å². The number of halogens is 1. The predicted molar refractivity (Wildman–Crippen MR) is 83.8 cm³/mol. The molecule has 0 unspecified atom stereocenters. The molecule has 0 saturated heterocycles. The van der Waals surface area contributed by atoms with Gasteiger partial charge in [0.1, 0.15) is 5.82 Å². The van der Waals surface area contributed by atoms with Gasteiger partial charge in [0.2, 0.25) is 0 Å². The second-order valence-corrected chi connectivity index (χ2v) is 4.67. The quantitative estimate of drug-likeness (QED) is 0.571. The SMILES string of the molecule is O=C(N/N=C\c1ccccc1F)c1n[nH]c(=O)c2ccccc12. The minimum atomic E-state index is -0.606. The number of hydrogen-bond donors (Lipinski definition) is 2. The van der Waals surface area contributed by atoms with Crippen molar-refractivity contribution in [2.75, 3.05) is 0 Å². The third-order valence-corrected chi connectivity index (χ3v) is 3.19. The number of aromatic amines is 1. The highest BCUT2D eigenvalue weighted by molar-refractivity contribution is 6.04. The first kappa shape index (κ1) is 14.6. The number of benzene rings is 2. The second-order valence-electron chi connectivity index (χ2n) is 4.67. The van der Waals surface area contributed by atoms with Gasteiger partial charge in [-0.15, -0.1) is 0 Å². The molecule has 3 rings (SSSR count). The monoisotopic (exact) mass is 310 g/mol. The van der Waals surface area contributed by atoms with Crippen LogP contribution in [0, 0.1) is 5.82 Å². The maximum atomic E-state index is 13.4. The molecule has 0 aliphatic carbocycles. The average molecular weight is 310 g/mol. The van der Waals surface area contributed by atoms with Gasteiger partial charge in [-0.25, -0.2) is 14.9 Å². The smallest absolute Gasteiger partial charge is 0.267 e. The number of nitrogens with zero attached hydrogens (tertiary/aromatic N) is 2. The van der Waals surface area contributed by atoms with Crippen LogP contribution in [0.3, 0.4) is 0 Å². The number of amides is 1. The number of aromatic nitrogens is 2. The third kappa shape index (κ3) is 2.98. The van der Waals surface area contributed by atoms with Gasteiger partial charge >= 0.3 is 0 Å². The van der Waals surface area contributed by atoms with Crippen molar-refractivity contribution < 1.29 is 9.18 Å². The summed E-state index contributed by atoms with van der Waals surface area (Å²) in [6, 6.07) is 12.6. The van der Waals surface area contributed by atoms with Gasteiger partial charge in [-0.3, -0.25) is 9.59 Å². The predicted octanol–water partition coefficient (Wildman–Crippen LogP) is 1.83. The molecule has 6 nitrogen and oxygen atoms in total. The van der Waals surface area contributed by atoms with Crippen molar-refractivity contribution in [3.8, 4) is 0 Å². The van der Waals surface area contributed by atoms with E-state index in [2.05, 4.69) is 20.7 Å². The van der Waals surface area contributed by atoms with Crippen LogP contribution < -0.4 is 11.0 Å². The Morgan fingerprint density at radius 1 is 1.13 bits per heavy atom. The zero-order valence-corrected chi connectivity index (χ0v) is 11.8. The summed E-state index contributed by atoms with van der Waals surface area (Å²) in [6.07, 6.45) is 1.20. The summed E-state index contributed by atoms with van der Waals surface area (Å²) in [5.41, 5.74) is 2.16. The molecule has 2 N–H and O–H groups in total. The van der Waals surface area contributed by atoms with Gasteiger partial charge < -0.3 is 0 Å². The van der Waals surface area contributed by atoms with E-state index < -0.39 is 11.7 Å². The molecular weight excluding hydrogens is 299 g/mol. The number of carbonyl (C=O) groups is 1. The van der Waals surface area contributed by atoms with Gasteiger partial charge in [-0.2, -0.15) is 10.2 Å². The highest BCUT2D eigenvalue weighted by Crippen LogP contribution is 2.12. The van der Waals surface area contributed by atoms with Gasteiger partial charge in [0.25, 0.3) is 11.5 Å². The van der Waals surface area contributed by atoms with Gasteiger partial charge in [0, 0.05) is 10.9 Å². The Morgan fingerprint density at radius 3 is 2.61 bits per heavy atom. The van der Waals surface area contributed by atoms with Crippen LogP contribution in [0.1, 0.15) is 16.1 Å². The fraction of sp³-hybridized carbons (Fsp3) is 0. The molecule has 1 heterocycles. The van der Waals surface area contributed by atoms with Crippen LogP contribution in [-0.4, -0.2) is 22.3 Å². The highest BCUT2D eigenvalue weighted by Gasteiger charge is 2.13. The van der Waals surface area contributed by atoms with E-state index in [1.165, 1.54) is 18.3 Å². The van der Waals surface area contributed by atoms with E-state index in [9.17, 15) is 14.0 Å². The van der Waals surface area contributed by atoms with Crippen LogP contribution >= 0.6 is 0 Å². The Bertz CT molecular complexity index is 965. The van der Waals surface area contributed by atoms with E-state index in [4.69, 9.17) is 0 Å². The number of fused-ring (bicyclic) bond motifs is 1. The van der Waals surface area contributed by atoms with Gasteiger partial charge in [0.05, 0.1) is 11.6 Å². The molecule has 0 saturated carbocycles. The average Bonchev–Trinajstić information content (AvgIpc) is 2.57. The summed E-state index contributed by atoms with van der Waals surface area (Å²) in [6.45, 7) is 0. The molecule has 3 aromatic rings. The van der Waals surface area contributed by atoms with Crippen LogP contribution in [-0.2, 0) is 0 Å². The minimum Gasteiger partial charge on any atom is -0.267 e. The molecular formula is C16H11FN4O2. The highest BCUT2D eigenvalue weighted by atomic mass is 19.1. The van der Waals surface area contributed by atoms with E-state index in [0.29, 0.717) is 10.8 Å². The normalized spacial score (nSPS) is 11.0. The first-order valence-corrected chi connectivity index (χ1v) is 6.72. The molecule has 0 spiro atoms. The van der Waals surface area contributed by atoms with Gasteiger partial charge in [-0.05, 0) is 12.1 Å². The summed E-state index contributed by atoms with van der Waals surface area (Å²) in [5, 5.41) is 10.5. The largest absolute Gasteiger partial charge is 0.292 e. The maximum Gasteiger partial charge on any atom is 0.292 e. The molecule has 1 aromatic heterocycles. The fourth-order valence-corrected chi connectivity index (χ4v) is 2.08.